The van der Waals surface area contributed by atoms with Crippen molar-refractivity contribution in [1.29, 1.82) is 0 Å². The van der Waals surface area contributed by atoms with Crippen LogP contribution >= 0.6 is 0 Å². The van der Waals surface area contributed by atoms with Crippen LogP contribution in [0.4, 0.5) is 0 Å². The van der Waals surface area contributed by atoms with Crippen LogP contribution in [0.1, 0.15) is 44.7 Å². The minimum absolute atomic E-state index is 0.101. The lowest BCUT2D eigenvalue weighted by Crippen LogP contribution is -2.57. The molecule has 6 nitrogen and oxygen atoms in total. The average Bonchev–Trinajstić information content (AvgIpc) is 2.65. The Morgan fingerprint density at radius 1 is 1.25 bits per heavy atom. The molecule has 0 saturated carbocycles. The summed E-state index contributed by atoms with van der Waals surface area (Å²) in [7, 11) is 4.30. The fraction of sp³-hybridized carbons (Fsp3) is 0.682. The Morgan fingerprint density at radius 2 is 1.96 bits per heavy atom. The molecule has 1 aliphatic rings. The van der Waals surface area contributed by atoms with Crippen molar-refractivity contribution in [2.45, 2.75) is 58.7 Å². The molecule has 0 aliphatic carbocycles. The third kappa shape index (κ3) is 6.38. The predicted molar refractivity (Wildman–Crippen MR) is 116 cm³/mol. The number of aliphatic imine (C=N–C) groups is 1. The van der Waals surface area contributed by atoms with Crippen LogP contribution < -0.4 is 15.4 Å². The fourth-order valence-electron chi connectivity index (χ4n) is 3.44. The number of hydrogen-bond acceptors (Lipinski definition) is 4. The second-order valence-corrected chi connectivity index (χ2v) is 8.06. The molecule has 1 aromatic rings. The van der Waals surface area contributed by atoms with Gasteiger partial charge in [0.1, 0.15) is 5.75 Å². The van der Waals surface area contributed by atoms with E-state index in [1.54, 1.807) is 0 Å². The van der Waals surface area contributed by atoms with Crippen molar-refractivity contribution in [1.82, 2.24) is 15.5 Å². The Kier molecular flexibility index (Phi) is 8.58. The molecule has 1 aromatic carbocycles. The van der Waals surface area contributed by atoms with Crippen molar-refractivity contribution in [3.63, 3.8) is 0 Å². The molecule has 28 heavy (non-hydrogen) atoms. The Balaban J connectivity index is 2.10. The van der Waals surface area contributed by atoms with E-state index in [1.807, 2.05) is 0 Å². The first-order chi connectivity index (χ1) is 13.4. The van der Waals surface area contributed by atoms with Crippen molar-refractivity contribution in [2.75, 3.05) is 40.4 Å². The number of aryl methyl sites for hydroxylation is 1. The van der Waals surface area contributed by atoms with Gasteiger partial charge in [0.15, 0.2) is 5.96 Å². The summed E-state index contributed by atoms with van der Waals surface area (Å²) < 4.78 is 11.6. The van der Waals surface area contributed by atoms with Crippen LogP contribution in [-0.4, -0.2) is 62.9 Å². The van der Waals surface area contributed by atoms with Crippen LogP contribution in [0.3, 0.4) is 0 Å². The van der Waals surface area contributed by atoms with E-state index in [9.17, 15) is 0 Å². The average molecular weight is 391 g/mol. The lowest BCUT2D eigenvalue weighted by molar-refractivity contribution is -0.00501. The number of nitrogens with one attached hydrogen (secondary N) is 2. The molecular formula is C22H38N4O2. The van der Waals surface area contributed by atoms with Crippen LogP contribution in [0.25, 0.3) is 0 Å². The highest BCUT2D eigenvalue weighted by atomic mass is 16.5. The number of guanidine groups is 1. The summed E-state index contributed by atoms with van der Waals surface area (Å²) in [5.41, 5.74) is 2.40. The maximum atomic E-state index is 5.99. The number of benzene rings is 1. The maximum absolute atomic E-state index is 5.99. The quantitative estimate of drug-likeness (QED) is 0.528. The smallest absolute Gasteiger partial charge is 0.191 e. The maximum Gasteiger partial charge on any atom is 0.191 e. The summed E-state index contributed by atoms with van der Waals surface area (Å²) in [6.45, 7) is 12.2. The first kappa shape index (κ1) is 22.5. The Morgan fingerprint density at radius 3 is 2.57 bits per heavy atom. The molecule has 1 fully saturated rings. The van der Waals surface area contributed by atoms with Crippen LogP contribution in [0, 0.1) is 6.92 Å². The molecule has 0 unspecified atom stereocenters. The topological polar surface area (TPSA) is 58.1 Å². The number of rotatable bonds is 8. The third-order valence-electron chi connectivity index (χ3n) is 5.29. The second-order valence-electron chi connectivity index (χ2n) is 8.06. The van der Waals surface area contributed by atoms with Crippen LogP contribution in [0.15, 0.2) is 23.2 Å². The second kappa shape index (κ2) is 10.7. The third-order valence-corrected chi connectivity index (χ3v) is 5.29. The van der Waals surface area contributed by atoms with E-state index in [2.05, 4.69) is 75.5 Å². The SMILES string of the molecule is CCNC(=NCc1ccc(C)cc1OC(C)C)NCC1(N(C)C)CCOCC1. The largest absolute Gasteiger partial charge is 0.491 e. The predicted octanol–water partition coefficient (Wildman–Crippen LogP) is 2.95. The van der Waals surface area contributed by atoms with Gasteiger partial charge in [-0.3, -0.25) is 0 Å². The molecule has 0 aromatic heterocycles. The molecule has 2 N–H and O–H groups in total. The lowest BCUT2D eigenvalue weighted by atomic mass is 9.88. The molecule has 0 bridgehead atoms. The van der Waals surface area contributed by atoms with Crippen molar-refractivity contribution >= 4 is 5.96 Å². The molecule has 2 rings (SSSR count). The van der Waals surface area contributed by atoms with E-state index >= 15 is 0 Å². The van der Waals surface area contributed by atoms with Gasteiger partial charge < -0.3 is 25.0 Å². The highest BCUT2D eigenvalue weighted by molar-refractivity contribution is 5.79. The van der Waals surface area contributed by atoms with Gasteiger partial charge in [0.25, 0.3) is 0 Å². The highest BCUT2D eigenvalue weighted by Crippen LogP contribution is 2.25. The molecule has 1 aliphatic heterocycles. The summed E-state index contributed by atoms with van der Waals surface area (Å²) in [5, 5.41) is 6.92. The number of ether oxygens (including phenoxy) is 2. The van der Waals surface area contributed by atoms with Crippen LogP contribution in [0.5, 0.6) is 5.75 Å². The van der Waals surface area contributed by atoms with Crippen LogP contribution in [0.2, 0.25) is 0 Å². The van der Waals surface area contributed by atoms with Gasteiger partial charge in [-0.25, -0.2) is 4.99 Å². The lowest BCUT2D eigenvalue weighted by Gasteiger charge is -2.43. The van der Waals surface area contributed by atoms with Crippen LogP contribution in [-0.2, 0) is 11.3 Å². The van der Waals surface area contributed by atoms with E-state index < -0.39 is 0 Å². The molecule has 6 heteroatoms. The highest BCUT2D eigenvalue weighted by Gasteiger charge is 2.34. The van der Waals surface area contributed by atoms with Gasteiger partial charge in [-0.05, 0) is 66.3 Å². The van der Waals surface area contributed by atoms with Gasteiger partial charge in [0, 0.05) is 37.4 Å². The summed E-state index contributed by atoms with van der Waals surface area (Å²) >= 11 is 0. The Bertz CT molecular complexity index is 637. The number of likely N-dealkylation sites (N-methyl/N-ethyl adjacent to an activating group) is 1. The van der Waals surface area contributed by atoms with Crippen molar-refractivity contribution in [3.05, 3.63) is 29.3 Å². The standard InChI is InChI=1S/C22H38N4O2/c1-7-23-21(25-16-22(26(5)6)10-12-27-13-11-22)24-15-19-9-8-18(4)14-20(19)28-17(2)3/h8-9,14,17H,7,10-13,15-16H2,1-6H3,(H2,23,24,25). The normalized spacial score (nSPS) is 17.1. The van der Waals surface area contributed by atoms with E-state index in [0.717, 1.165) is 56.4 Å². The summed E-state index contributed by atoms with van der Waals surface area (Å²) in [6.07, 6.45) is 2.19. The summed E-state index contributed by atoms with van der Waals surface area (Å²) in [6, 6.07) is 6.32. The van der Waals surface area contributed by atoms with E-state index in [4.69, 9.17) is 14.5 Å². The Labute approximate surface area is 170 Å². The van der Waals surface area contributed by atoms with E-state index in [-0.39, 0.29) is 11.6 Å². The monoisotopic (exact) mass is 390 g/mol. The van der Waals surface area contributed by atoms with Gasteiger partial charge in [-0.1, -0.05) is 12.1 Å². The summed E-state index contributed by atoms with van der Waals surface area (Å²) in [5.74, 6) is 1.76. The van der Waals surface area contributed by atoms with Crippen molar-refractivity contribution in [3.8, 4) is 5.75 Å². The minimum Gasteiger partial charge on any atom is -0.491 e. The molecule has 158 valence electrons. The molecule has 0 spiro atoms. The molecule has 0 atom stereocenters. The molecule has 0 radical (unpaired) electrons. The molecule has 1 saturated heterocycles. The van der Waals surface area contributed by atoms with Crippen molar-refractivity contribution < 1.29 is 9.47 Å². The van der Waals surface area contributed by atoms with Gasteiger partial charge in [-0.15, -0.1) is 0 Å². The minimum atomic E-state index is 0.101. The number of nitrogens with zero attached hydrogens (tertiary/aromatic N) is 2. The first-order valence-electron chi connectivity index (χ1n) is 10.4. The first-order valence-corrected chi connectivity index (χ1v) is 10.4. The molecule has 0 amide bonds. The number of hydrogen-bond donors (Lipinski definition) is 2. The zero-order valence-electron chi connectivity index (χ0n) is 18.5. The molecule has 1 heterocycles. The van der Waals surface area contributed by atoms with E-state index in [1.165, 1.54) is 5.56 Å². The van der Waals surface area contributed by atoms with Gasteiger partial charge in [-0.2, -0.15) is 0 Å². The van der Waals surface area contributed by atoms with Gasteiger partial charge >= 0.3 is 0 Å². The van der Waals surface area contributed by atoms with Gasteiger partial charge in [0.05, 0.1) is 12.6 Å². The zero-order valence-corrected chi connectivity index (χ0v) is 18.5. The van der Waals surface area contributed by atoms with Gasteiger partial charge in [0.2, 0.25) is 0 Å². The molecular weight excluding hydrogens is 352 g/mol. The summed E-state index contributed by atoms with van der Waals surface area (Å²) in [4.78, 5) is 7.14. The fourth-order valence-corrected chi connectivity index (χ4v) is 3.44. The Hall–Kier alpha value is -1.79. The van der Waals surface area contributed by atoms with Crippen molar-refractivity contribution in [2.24, 2.45) is 4.99 Å². The van der Waals surface area contributed by atoms with E-state index in [0.29, 0.717) is 6.54 Å². The zero-order chi connectivity index (χ0) is 20.6.